The van der Waals surface area contributed by atoms with Crippen LogP contribution in [0.2, 0.25) is 0 Å². The van der Waals surface area contributed by atoms with E-state index in [0.717, 1.165) is 5.56 Å². The third kappa shape index (κ3) is 3.58. The predicted molar refractivity (Wildman–Crippen MR) is 84.0 cm³/mol. The highest BCUT2D eigenvalue weighted by atomic mass is 16.3. The van der Waals surface area contributed by atoms with Crippen LogP contribution in [0.3, 0.4) is 0 Å². The Morgan fingerprint density at radius 3 is 2.38 bits per heavy atom. The summed E-state index contributed by atoms with van der Waals surface area (Å²) in [5.41, 5.74) is 0.587. The van der Waals surface area contributed by atoms with E-state index < -0.39 is 5.60 Å². The average Bonchev–Trinajstić information content (AvgIpc) is 2.40. The van der Waals surface area contributed by atoms with Crippen LogP contribution in [-0.4, -0.2) is 14.9 Å². The summed E-state index contributed by atoms with van der Waals surface area (Å²) >= 11 is 0. The van der Waals surface area contributed by atoms with Crippen LogP contribution in [-0.2, 0) is 12.1 Å². The fourth-order valence-electron chi connectivity index (χ4n) is 2.20. The second-order valence-corrected chi connectivity index (χ2v) is 6.25. The molecule has 4 nitrogen and oxygen atoms in total. The molecule has 1 aromatic heterocycles. The Balaban J connectivity index is 2.65. The average molecular weight is 286 g/mol. The van der Waals surface area contributed by atoms with Crippen LogP contribution in [0.15, 0.2) is 41.2 Å². The Hall–Kier alpha value is -1.94. The van der Waals surface area contributed by atoms with Gasteiger partial charge < -0.3 is 5.11 Å². The van der Waals surface area contributed by atoms with Gasteiger partial charge in [-0.2, -0.15) is 5.10 Å². The van der Waals surface area contributed by atoms with Gasteiger partial charge in [0, 0.05) is 12.1 Å². The lowest BCUT2D eigenvalue weighted by Gasteiger charge is -2.20. The molecule has 0 aliphatic heterocycles. The monoisotopic (exact) mass is 286 g/mol. The first-order valence-corrected chi connectivity index (χ1v) is 7.19. The highest BCUT2D eigenvalue weighted by Gasteiger charge is 2.23. The van der Waals surface area contributed by atoms with Gasteiger partial charge in [-0.15, -0.1) is 0 Å². The minimum Gasteiger partial charge on any atom is -0.386 e. The molecule has 0 fully saturated rings. The quantitative estimate of drug-likeness (QED) is 0.940. The second kappa shape index (κ2) is 5.82. The molecule has 2 aromatic rings. The summed E-state index contributed by atoms with van der Waals surface area (Å²) < 4.78 is 1.46. The van der Waals surface area contributed by atoms with Gasteiger partial charge in [-0.1, -0.05) is 44.2 Å². The van der Waals surface area contributed by atoms with Gasteiger partial charge in [0.05, 0.1) is 16.9 Å². The molecule has 2 rings (SSSR count). The van der Waals surface area contributed by atoms with Crippen LogP contribution >= 0.6 is 0 Å². The molecule has 0 unspecified atom stereocenters. The van der Waals surface area contributed by atoms with E-state index in [2.05, 4.69) is 5.10 Å². The number of benzene rings is 1. The molecular formula is C17H22N2O2. The molecule has 0 aliphatic carbocycles. The molecule has 1 N–H and O–H groups in total. The maximum absolute atomic E-state index is 12.5. The molecule has 0 amide bonds. The van der Waals surface area contributed by atoms with E-state index >= 15 is 0 Å². The van der Waals surface area contributed by atoms with Crippen LogP contribution in [0, 0.1) is 5.92 Å². The van der Waals surface area contributed by atoms with Crippen LogP contribution in [0.5, 0.6) is 0 Å². The zero-order valence-corrected chi connectivity index (χ0v) is 13.0. The molecule has 0 aliphatic rings. The molecule has 0 spiro atoms. The van der Waals surface area contributed by atoms with Crippen LogP contribution < -0.4 is 5.56 Å². The van der Waals surface area contributed by atoms with Gasteiger partial charge in [-0.3, -0.25) is 4.79 Å². The largest absolute Gasteiger partial charge is 0.386 e. The molecule has 0 radical (unpaired) electrons. The van der Waals surface area contributed by atoms with Crippen molar-refractivity contribution in [2.45, 2.75) is 39.8 Å². The summed E-state index contributed by atoms with van der Waals surface area (Å²) in [5, 5.41) is 14.7. The Morgan fingerprint density at radius 2 is 1.86 bits per heavy atom. The first-order valence-electron chi connectivity index (χ1n) is 7.19. The SMILES string of the molecule is CC(C)Cn1nc(-c2ccccc2)cc(C(C)(C)O)c1=O. The van der Waals surface area contributed by atoms with Crippen LogP contribution in [0.4, 0.5) is 0 Å². The van der Waals surface area contributed by atoms with Gasteiger partial charge >= 0.3 is 0 Å². The van der Waals surface area contributed by atoms with Crippen molar-refractivity contribution in [2.24, 2.45) is 5.92 Å². The molecule has 21 heavy (non-hydrogen) atoms. The van der Waals surface area contributed by atoms with Crippen molar-refractivity contribution in [3.8, 4) is 11.3 Å². The van der Waals surface area contributed by atoms with Crippen molar-refractivity contribution in [2.75, 3.05) is 0 Å². The molecule has 1 aromatic carbocycles. The van der Waals surface area contributed by atoms with Gasteiger partial charge in [0.25, 0.3) is 5.56 Å². The van der Waals surface area contributed by atoms with Crippen molar-refractivity contribution in [1.29, 1.82) is 0 Å². The summed E-state index contributed by atoms with van der Waals surface area (Å²) in [6.07, 6.45) is 0. The molecule has 0 atom stereocenters. The van der Waals surface area contributed by atoms with Gasteiger partial charge in [0.2, 0.25) is 0 Å². The highest BCUT2D eigenvalue weighted by Crippen LogP contribution is 2.22. The Kier molecular flexibility index (Phi) is 4.28. The molecule has 4 heteroatoms. The lowest BCUT2D eigenvalue weighted by atomic mass is 9.98. The van der Waals surface area contributed by atoms with Crippen molar-refractivity contribution in [1.82, 2.24) is 9.78 Å². The third-order valence-electron chi connectivity index (χ3n) is 3.24. The van der Waals surface area contributed by atoms with Gasteiger partial charge in [-0.05, 0) is 25.8 Å². The normalized spacial score (nSPS) is 11.9. The van der Waals surface area contributed by atoms with Crippen LogP contribution in [0.1, 0.15) is 33.3 Å². The van der Waals surface area contributed by atoms with E-state index in [-0.39, 0.29) is 5.56 Å². The molecule has 0 saturated heterocycles. The molecule has 0 bridgehead atoms. The minimum atomic E-state index is -1.19. The van der Waals surface area contributed by atoms with E-state index in [4.69, 9.17) is 0 Å². The number of rotatable bonds is 4. The molecule has 1 heterocycles. The van der Waals surface area contributed by atoms with Gasteiger partial charge in [0.1, 0.15) is 0 Å². The van der Waals surface area contributed by atoms with E-state index in [0.29, 0.717) is 23.7 Å². The number of nitrogens with zero attached hydrogens (tertiary/aromatic N) is 2. The lowest BCUT2D eigenvalue weighted by molar-refractivity contribution is 0.0760. The van der Waals surface area contributed by atoms with Crippen molar-refractivity contribution in [3.63, 3.8) is 0 Å². The topological polar surface area (TPSA) is 55.1 Å². The Labute approximate surface area is 125 Å². The highest BCUT2D eigenvalue weighted by molar-refractivity contribution is 5.59. The number of aliphatic hydroxyl groups is 1. The fourth-order valence-corrected chi connectivity index (χ4v) is 2.20. The Bertz CT molecular complexity index is 667. The summed E-state index contributed by atoms with van der Waals surface area (Å²) in [4.78, 5) is 12.5. The van der Waals surface area contributed by atoms with E-state index in [1.54, 1.807) is 19.9 Å². The maximum Gasteiger partial charge on any atom is 0.272 e. The predicted octanol–water partition coefficient (Wildman–Crippen LogP) is 2.79. The summed E-state index contributed by atoms with van der Waals surface area (Å²) in [5.74, 6) is 0.302. The van der Waals surface area contributed by atoms with Gasteiger partial charge in [-0.25, -0.2) is 4.68 Å². The molecular weight excluding hydrogens is 264 g/mol. The standard InChI is InChI=1S/C17H22N2O2/c1-12(2)11-19-16(20)14(17(3,4)21)10-15(18-19)13-8-6-5-7-9-13/h5-10,12,21H,11H2,1-4H3. The second-order valence-electron chi connectivity index (χ2n) is 6.25. The van der Waals surface area contributed by atoms with E-state index in [1.165, 1.54) is 4.68 Å². The zero-order valence-electron chi connectivity index (χ0n) is 13.0. The lowest BCUT2D eigenvalue weighted by Crippen LogP contribution is -2.34. The molecule has 0 saturated carbocycles. The van der Waals surface area contributed by atoms with Crippen molar-refractivity contribution in [3.05, 3.63) is 52.3 Å². The zero-order chi connectivity index (χ0) is 15.6. The summed E-state index contributed by atoms with van der Waals surface area (Å²) in [6, 6.07) is 11.4. The van der Waals surface area contributed by atoms with E-state index in [9.17, 15) is 9.90 Å². The fraction of sp³-hybridized carbons (Fsp3) is 0.412. The van der Waals surface area contributed by atoms with E-state index in [1.807, 2.05) is 44.2 Å². The smallest absolute Gasteiger partial charge is 0.272 e. The maximum atomic E-state index is 12.5. The minimum absolute atomic E-state index is 0.226. The first kappa shape index (κ1) is 15.4. The summed E-state index contributed by atoms with van der Waals surface area (Å²) in [6.45, 7) is 7.85. The number of hydrogen-bond donors (Lipinski definition) is 1. The number of aromatic nitrogens is 2. The van der Waals surface area contributed by atoms with Crippen LogP contribution in [0.25, 0.3) is 11.3 Å². The molecule has 112 valence electrons. The van der Waals surface area contributed by atoms with Crippen molar-refractivity contribution < 1.29 is 5.11 Å². The Morgan fingerprint density at radius 1 is 1.24 bits per heavy atom. The summed E-state index contributed by atoms with van der Waals surface area (Å²) in [7, 11) is 0. The third-order valence-corrected chi connectivity index (χ3v) is 3.24. The first-order chi connectivity index (χ1) is 9.79. The number of hydrogen-bond acceptors (Lipinski definition) is 3. The van der Waals surface area contributed by atoms with Gasteiger partial charge in [0.15, 0.2) is 0 Å². The van der Waals surface area contributed by atoms with Crippen molar-refractivity contribution >= 4 is 0 Å².